The van der Waals surface area contributed by atoms with Crippen molar-refractivity contribution < 1.29 is 13.9 Å². The maximum absolute atomic E-state index is 12.4. The van der Waals surface area contributed by atoms with E-state index in [1.165, 1.54) is 37.7 Å². The van der Waals surface area contributed by atoms with E-state index < -0.39 is 0 Å². The first-order valence-electron chi connectivity index (χ1n) is 11.4. The number of oxazole rings is 1. The summed E-state index contributed by atoms with van der Waals surface area (Å²) in [6.45, 7) is -0.0781. The lowest BCUT2D eigenvalue weighted by atomic mass is 9.84. The number of ether oxygens (including phenoxy) is 1. The Labute approximate surface area is 208 Å². The fourth-order valence-electron chi connectivity index (χ4n) is 4.40. The van der Waals surface area contributed by atoms with E-state index in [1.54, 1.807) is 36.4 Å². The van der Waals surface area contributed by atoms with Crippen LogP contribution in [0.25, 0.3) is 22.6 Å². The fourth-order valence-corrected chi connectivity index (χ4v) is 4.89. The monoisotopic (exact) mass is 494 g/mol. The van der Waals surface area contributed by atoms with Crippen LogP contribution in [-0.4, -0.2) is 17.5 Å². The largest absolute Gasteiger partial charge is 0.484 e. The number of carbonyl (C=O) groups excluding carboxylic acids is 1. The van der Waals surface area contributed by atoms with Crippen molar-refractivity contribution in [2.45, 2.75) is 38.0 Å². The SMILES string of the molecule is O=C(COc1ccc(C2CCCCC2)cc1)Nc1ccc2oc(-c3ccc(Cl)cc3Cl)nc2c1. The minimum atomic E-state index is -0.250. The summed E-state index contributed by atoms with van der Waals surface area (Å²) in [5, 5.41) is 3.84. The van der Waals surface area contributed by atoms with Crippen LogP contribution in [0.4, 0.5) is 5.69 Å². The van der Waals surface area contributed by atoms with Gasteiger partial charge in [0.05, 0.1) is 10.6 Å². The number of hydrogen-bond acceptors (Lipinski definition) is 4. The third-order valence-corrected chi connectivity index (χ3v) is 6.71. The van der Waals surface area contributed by atoms with Crippen LogP contribution in [0.2, 0.25) is 10.0 Å². The standard InChI is InChI=1S/C27H24Cl2N2O3/c28-19-8-12-22(23(29)14-19)27-31-24-15-20(9-13-25(24)34-27)30-26(32)16-33-21-10-6-18(7-11-21)17-4-2-1-3-5-17/h6-15,17H,1-5,16H2,(H,30,32). The second kappa shape index (κ2) is 10.1. The molecular weight excluding hydrogens is 471 g/mol. The van der Waals surface area contributed by atoms with Crippen LogP contribution >= 0.6 is 23.2 Å². The van der Waals surface area contributed by atoms with Crippen LogP contribution in [-0.2, 0) is 4.79 Å². The Bertz CT molecular complexity index is 1310. The van der Waals surface area contributed by atoms with E-state index in [2.05, 4.69) is 22.4 Å². The smallest absolute Gasteiger partial charge is 0.262 e. The number of nitrogens with one attached hydrogen (secondary N) is 1. The van der Waals surface area contributed by atoms with Gasteiger partial charge in [-0.1, -0.05) is 54.6 Å². The van der Waals surface area contributed by atoms with Gasteiger partial charge in [0.25, 0.3) is 5.91 Å². The van der Waals surface area contributed by atoms with E-state index in [1.807, 2.05) is 12.1 Å². The summed E-state index contributed by atoms with van der Waals surface area (Å²) in [5.41, 5.74) is 3.81. The van der Waals surface area contributed by atoms with Crippen molar-refractivity contribution in [3.05, 3.63) is 76.3 Å². The van der Waals surface area contributed by atoms with Crippen molar-refractivity contribution in [2.24, 2.45) is 0 Å². The number of nitrogens with zero attached hydrogens (tertiary/aromatic N) is 1. The zero-order chi connectivity index (χ0) is 23.5. The van der Waals surface area contributed by atoms with Gasteiger partial charge in [0.15, 0.2) is 12.2 Å². The topological polar surface area (TPSA) is 64.4 Å². The van der Waals surface area contributed by atoms with E-state index in [0.29, 0.717) is 50.0 Å². The first kappa shape index (κ1) is 22.8. The molecule has 0 saturated heterocycles. The molecule has 5 nitrogen and oxygen atoms in total. The average molecular weight is 495 g/mol. The lowest BCUT2D eigenvalue weighted by Gasteiger charge is -2.22. The molecule has 4 aromatic rings. The highest BCUT2D eigenvalue weighted by atomic mass is 35.5. The quantitative estimate of drug-likeness (QED) is 0.296. The molecule has 0 unspecified atom stereocenters. The number of carbonyl (C=O) groups is 1. The van der Waals surface area contributed by atoms with Gasteiger partial charge in [-0.2, -0.15) is 0 Å². The Morgan fingerprint density at radius 1 is 1.00 bits per heavy atom. The van der Waals surface area contributed by atoms with Crippen LogP contribution in [0.1, 0.15) is 43.6 Å². The van der Waals surface area contributed by atoms with Crippen molar-refractivity contribution in [3.63, 3.8) is 0 Å². The molecule has 1 amide bonds. The molecule has 1 fully saturated rings. The van der Waals surface area contributed by atoms with Crippen LogP contribution in [0.3, 0.4) is 0 Å². The number of halogens is 2. The van der Waals surface area contributed by atoms with Crippen molar-refractivity contribution in [2.75, 3.05) is 11.9 Å². The van der Waals surface area contributed by atoms with Gasteiger partial charge in [-0.3, -0.25) is 4.79 Å². The highest BCUT2D eigenvalue weighted by Crippen LogP contribution is 2.34. The molecule has 0 spiro atoms. The van der Waals surface area contributed by atoms with Gasteiger partial charge in [0, 0.05) is 10.7 Å². The predicted octanol–water partition coefficient (Wildman–Crippen LogP) is 7.87. The van der Waals surface area contributed by atoms with Gasteiger partial charge in [-0.05, 0) is 72.9 Å². The lowest BCUT2D eigenvalue weighted by Crippen LogP contribution is -2.20. The molecule has 0 atom stereocenters. The first-order valence-corrected chi connectivity index (χ1v) is 12.2. The summed E-state index contributed by atoms with van der Waals surface area (Å²) in [5.74, 6) is 1.47. The summed E-state index contributed by atoms with van der Waals surface area (Å²) in [6, 6.07) is 18.5. The number of aromatic nitrogens is 1. The maximum atomic E-state index is 12.4. The van der Waals surface area contributed by atoms with Gasteiger partial charge in [-0.25, -0.2) is 4.98 Å². The number of amides is 1. The summed E-state index contributed by atoms with van der Waals surface area (Å²) in [7, 11) is 0. The Morgan fingerprint density at radius 3 is 2.56 bits per heavy atom. The lowest BCUT2D eigenvalue weighted by molar-refractivity contribution is -0.118. The molecule has 1 aliphatic rings. The van der Waals surface area contributed by atoms with Crippen molar-refractivity contribution in [3.8, 4) is 17.2 Å². The van der Waals surface area contributed by atoms with Crippen LogP contribution in [0.15, 0.2) is 65.1 Å². The van der Waals surface area contributed by atoms with Gasteiger partial charge in [0.1, 0.15) is 11.3 Å². The first-order chi connectivity index (χ1) is 16.5. The maximum Gasteiger partial charge on any atom is 0.262 e. The number of hydrogen-bond donors (Lipinski definition) is 1. The van der Waals surface area contributed by atoms with Crippen LogP contribution in [0, 0.1) is 0 Å². The summed E-state index contributed by atoms with van der Waals surface area (Å²) in [6.07, 6.45) is 6.46. The number of rotatable bonds is 6. The van der Waals surface area contributed by atoms with E-state index in [4.69, 9.17) is 32.4 Å². The van der Waals surface area contributed by atoms with Crippen LogP contribution in [0.5, 0.6) is 5.75 Å². The molecule has 0 aliphatic heterocycles. The summed E-state index contributed by atoms with van der Waals surface area (Å²) >= 11 is 12.2. The number of benzene rings is 3. The molecule has 0 bridgehead atoms. The van der Waals surface area contributed by atoms with Crippen molar-refractivity contribution in [1.82, 2.24) is 4.98 Å². The fraction of sp³-hybridized carbons (Fsp3) is 0.259. The van der Waals surface area contributed by atoms with Crippen LogP contribution < -0.4 is 10.1 Å². The Morgan fingerprint density at radius 2 is 1.79 bits per heavy atom. The Balaban J connectivity index is 1.20. The molecule has 7 heteroatoms. The zero-order valence-corrected chi connectivity index (χ0v) is 20.0. The predicted molar refractivity (Wildman–Crippen MR) is 136 cm³/mol. The number of anilines is 1. The molecule has 1 heterocycles. The molecule has 0 radical (unpaired) electrons. The summed E-state index contributed by atoms with van der Waals surface area (Å²) < 4.78 is 11.5. The van der Waals surface area contributed by atoms with E-state index in [0.717, 1.165) is 0 Å². The number of fused-ring (bicyclic) bond motifs is 1. The molecule has 1 N–H and O–H groups in total. The summed E-state index contributed by atoms with van der Waals surface area (Å²) in [4.78, 5) is 16.9. The van der Waals surface area contributed by atoms with Crippen molar-refractivity contribution >= 4 is 45.9 Å². The highest BCUT2D eigenvalue weighted by molar-refractivity contribution is 6.36. The molecule has 1 aromatic heterocycles. The second-order valence-corrected chi connectivity index (χ2v) is 9.41. The normalized spacial score (nSPS) is 14.3. The second-order valence-electron chi connectivity index (χ2n) is 8.57. The molecule has 1 saturated carbocycles. The molecular formula is C27H24Cl2N2O3. The Hall–Kier alpha value is -3.02. The van der Waals surface area contributed by atoms with Gasteiger partial charge in [-0.15, -0.1) is 0 Å². The van der Waals surface area contributed by atoms with Gasteiger partial charge in [0.2, 0.25) is 5.89 Å². The molecule has 5 rings (SSSR count). The van der Waals surface area contributed by atoms with E-state index in [9.17, 15) is 4.79 Å². The zero-order valence-electron chi connectivity index (χ0n) is 18.5. The minimum Gasteiger partial charge on any atom is -0.484 e. The molecule has 174 valence electrons. The average Bonchev–Trinajstić information content (AvgIpc) is 3.26. The Kier molecular flexibility index (Phi) is 6.75. The van der Waals surface area contributed by atoms with Gasteiger partial charge >= 0.3 is 0 Å². The molecule has 34 heavy (non-hydrogen) atoms. The van der Waals surface area contributed by atoms with E-state index in [-0.39, 0.29) is 12.5 Å². The van der Waals surface area contributed by atoms with E-state index >= 15 is 0 Å². The molecule has 3 aromatic carbocycles. The van der Waals surface area contributed by atoms with Crippen molar-refractivity contribution in [1.29, 1.82) is 0 Å². The highest BCUT2D eigenvalue weighted by Gasteiger charge is 2.16. The minimum absolute atomic E-state index is 0.0781. The third kappa shape index (κ3) is 5.21. The molecule has 1 aliphatic carbocycles. The third-order valence-electron chi connectivity index (χ3n) is 6.16. The van der Waals surface area contributed by atoms with Gasteiger partial charge < -0.3 is 14.5 Å².